The fraction of sp³-hybridized carbons (Fsp3) is 0.304. The second-order valence-electron chi connectivity index (χ2n) is 7.51. The van der Waals surface area contributed by atoms with Crippen molar-refractivity contribution in [2.24, 2.45) is 0 Å². The number of nitrogens with zero attached hydrogens (tertiary/aromatic N) is 2. The lowest BCUT2D eigenvalue weighted by Gasteiger charge is -2.26. The van der Waals surface area contributed by atoms with Gasteiger partial charge in [-0.15, -0.1) is 11.3 Å². The first-order valence-corrected chi connectivity index (χ1v) is 12.8. The van der Waals surface area contributed by atoms with Gasteiger partial charge in [0.1, 0.15) is 5.75 Å². The van der Waals surface area contributed by atoms with Gasteiger partial charge >= 0.3 is 0 Å². The van der Waals surface area contributed by atoms with Crippen LogP contribution in [0.3, 0.4) is 0 Å². The largest absolute Gasteiger partial charge is 0.496 e. The molecule has 2 heterocycles. The molecule has 0 aliphatic carbocycles. The van der Waals surface area contributed by atoms with E-state index in [1.807, 2.05) is 36.6 Å². The van der Waals surface area contributed by atoms with E-state index in [1.165, 1.54) is 29.6 Å². The number of methoxy groups -OCH3 is 1. The Labute approximate surface area is 197 Å². The highest BCUT2D eigenvalue weighted by Crippen LogP contribution is 2.26. The number of hydrogen-bond acceptors (Lipinski definition) is 7. The van der Waals surface area contributed by atoms with Crippen LogP contribution < -0.4 is 10.1 Å². The number of benzene rings is 2. The van der Waals surface area contributed by atoms with Gasteiger partial charge in [-0.3, -0.25) is 4.79 Å². The summed E-state index contributed by atoms with van der Waals surface area (Å²) in [5.74, 6) is -0.104. The van der Waals surface area contributed by atoms with Crippen LogP contribution in [0.5, 0.6) is 5.75 Å². The van der Waals surface area contributed by atoms with E-state index in [0.29, 0.717) is 25.5 Å². The number of carbonyl (C=O) groups excluding carboxylic acids is 1. The normalized spacial score (nSPS) is 14.7. The van der Waals surface area contributed by atoms with Gasteiger partial charge in [0.05, 0.1) is 41.5 Å². The molecule has 0 atom stereocenters. The van der Waals surface area contributed by atoms with Crippen LogP contribution in [-0.2, 0) is 21.3 Å². The molecule has 1 aliphatic heterocycles. The number of amides is 1. The molecule has 174 valence electrons. The minimum absolute atomic E-state index is 0.0539. The molecule has 1 fully saturated rings. The Balaban J connectivity index is 1.48. The smallest absolute Gasteiger partial charge is 0.255 e. The molecule has 33 heavy (non-hydrogen) atoms. The molecule has 1 N–H and O–H groups in total. The van der Waals surface area contributed by atoms with Crippen molar-refractivity contribution >= 4 is 27.3 Å². The van der Waals surface area contributed by atoms with Gasteiger partial charge in [-0.05, 0) is 30.7 Å². The lowest BCUT2D eigenvalue weighted by Crippen LogP contribution is -2.40. The quantitative estimate of drug-likeness (QED) is 0.550. The molecule has 1 aromatic heterocycles. The van der Waals surface area contributed by atoms with E-state index in [1.54, 1.807) is 11.3 Å². The third-order valence-electron chi connectivity index (χ3n) is 5.35. The van der Waals surface area contributed by atoms with Crippen molar-refractivity contribution in [1.29, 1.82) is 0 Å². The summed E-state index contributed by atoms with van der Waals surface area (Å²) in [6.07, 6.45) is 0. The second kappa shape index (κ2) is 10.0. The second-order valence-corrected chi connectivity index (χ2v) is 10.5. The number of nitrogens with one attached hydrogen (secondary N) is 1. The highest BCUT2D eigenvalue weighted by molar-refractivity contribution is 7.89. The van der Waals surface area contributed by atoms with E-state index in [2.05, 4.69) is 10.3 Å². The van der Waals surface area contributed by atoms with Crippen LogP contribution in [0.4, 0.5) is 0 Å². The summed E-state index contributed by atoms with van der Waals surface area (Å²) in [6, 6.07) is 12.1. The van der Waals surface area contributed by atoms with Gasteiger partial charge < -0.3 is 14.8 Å². The maximum Gasteiger partial charge on any atom is 0.255 e. The van der Waals surface area contributed by atoms with Crippen LogP contribution in [0.2, 0.25) is 0 Å². The summed E-state index contributed by atoms with van der Waals surface area (Å²) in [6.45, 7) is 3.53. The Morgan fingerprint density at radius 2 is 1.91 bits per heavy atom. The fourth-order valence-electron chi connectivity index (χ4n) is 3.53. The van der Waals surface area contributed by atoms with Crippen molar-refractivity contribution in [3.05, 3.63) is 64.0 Å². The van der Waals surface area contributed by atoms with E-state index in [-0.39, 0.29) is 23.5 Å². The lowest BCUT2D eigenvalue weighted by molar-refractivity contribution is 0.0730. The van der Waals surface area contributed by atoms with Crippen LogP contribution >= 0.6 is 11.3 Å². The van der Waals surface area contributed by atoms with Crippen molar-refractivity contribution in [2.45, 2.75) is 18.4 Å². The number of aromatic nitrogens is 1. The number of sulfonamides is 1. The molecule has 0 unspecified atom stereocenters. The number of rotatable bonds is 7. The van der Waals surface area contributed by atoms with Crippen molar-refractivity contribution in [2.75, 3.05) is 33.4 Å². The monoisotopic (exact) mass is 487 g/mol. The predicted octanol–water partition coefficient (Wildman–Crippen LogP) is 3.08. The van der Waals surface area contributed by atoms with Gasteiger partial charge in [0.15, 0.2) is 0 Å². The molecular weight excluding hydrogens is 462 g/mol. The van der Waals surface area contributed by atoms with Crippen LogP contribution in [0.15, 0.2) is 52.7 Å². The molecule has 1 aliphatic rings. The van der Waals surface area contributed by atoms with E-state index < -0.39 is 15.9 Å². The van der Waals surface area contributed by atoms with Gasteiger partial charge in [-0.2, -0.15) is 4.31 Å². The molecule has 2 aromatic carbocycles. The summed E-state index contributed by atoms with van der Waals surface area (Å²) in [5, 5.41) is 5.87. The summed E-state index contributed by atoms with van der Waals surface area (Å²) in [4.78, 5) is 17.5. The Morgan fingerprint density at radius 1 is 1.18 bits per heavy atom. The van der Waals surface area contributed by atoms with Gasteiger partial charge in [0.2, 0.25) is 10.0 Å². The van der Waals surface area contributed by atoms with Crippen molar-refractivity contribution < 1.29 is 22.7 Å². The van der Waals surface area contributed by atoms with Crippen molar-refractivity contribution in [3.8, 4) is 17.0 Å². The summed E-state index contributed by atoms with van der Waals surface area (Å²) < 4.78 is 37.9. The number of ether oxygens (including phenoxy) is 2. The summed E-state index contributed by atoms with van der Waals surface area (Å²) in [7, 11) is -2.28. The first kappa shape index (κ1) is 23.4. The van der Waals surface area contributed by atoms with Crippen LogP contribution in [0.25, 0.3) is 11.3 Å². The Hall–Kier alpha value is -2.79. The third kappa shape index (κ3) is 5.25. The molecule has 0 saturated carbocycles. The lowest BCUT2D eigenvalue weighted by atomic mass is 10.1. The molecule has 0 radical (unpaired) electrons. The maximum absolute atomic E-state index is 13.0. The highest BCUT2D eigenvalue weighted by atomic mass is 32.2. The van der Waals surface area contributed by atoms with Crippen LogP contribution in [0.1, 0.15) is 20.9 Å². The summed E-state index contributed by atoms with van der Waals surface area (Å²) >= 11 is 1.60. The molecule has 1 amide bonds. The van der Waals surface area contributed by atoms with Crippen LogP contribution in [-0.4, -0.2) is 57.0 Å². The number of aryl methyl sites for hydroxylation is 1. The fourth-order valence-corrected chi connectivity index (χ4v) is 5.58. The molecule has 8 nitrogen and oxygen atoms in total. The first-order chi connectivity index (χ1) is 15.9. The van der Waals surface area contributed by atoms with E-state index in [0.717, 1.165) is 21.8 Å². The Kier molecular flexibility index (Phi) is 7.08. The number of thiazole rings is 1. The minimum atomic E-state index is -3.73. The zero-order valence-electron chi connectivity index (χ0n) is 18.4. The van der Waals surface area contributed by atoms with Crippen LogP contribution in [0, 0.1) is 6.92 Å². The van der Waals surface area contributed by atoms with Crippen molar-refractivity contribution in [3.63, 3.8) is 0 Å². The summed E-state index contributed by atoms with van der Waals surface area (Å²) in [5.41, 5.74) is 3.02. The average Bonchev–Trinajstić information content (AvgIpc) is 3.29. The maximum atomic E-state index is 13.0. The molecule has 10 heteroatoms. The Bertz CT molecular complexity index is 1230. The SMILES string of the molecule is COc1ccc(S(=O)(=O)N2CCOCC2)cc1C(=O)NCc1ccc(-c2csc(C)n2)cc1. The third-order valence-corrected chi connectivity index (χ3v) is 8.01. The zero-order chi connectivity index (χ0) is 23.4. The standard InChI is InChI=1S/C23H25N3O5S2/c1-16-25-21(15-32-16)18-5-3-17(4-6-18)14-24-23(27)20-13-19(7-8-22(20)30-2)33(28,29)26-9-11-31-12-10-26/h3-8,13,15H,9-12,14H2,1-2H3,(H,24,27). The molecule has 4 rings (SSSR count). The van der Waals surface area contributed by atoms with E-state index in [4.69, 9.17) is 9.47 Å². The van der Waals surface area contributed by atoms with Gasteiger partial charge in [0.25, 0.3) is 5.91 Å². The average molecular weight is 488 g/mol. The highest BCUT2D eigenvalue weighted by Gasteiger charge is 2.28. The Morgan fingerprint density at radius 3 is 2.55 bits per heavy atom. The zero-order valence-corrected chi connectivity index (χ0v) is 20.0. The van der Waals surface area contributed by atoms with E-state index in [9.17, 15) is 13.2 Å². The van der Waals surface area contributed by atoms with Gasteiger partial charge in [0, 0.05) is 30.6 Å². The molecule has 0 spiro atoms. The van der Waals surface area contributed by atoms with Crippen molar-refractivity contribution in [1.82, 2.24) is 14.6 Å². The molecular formula is C23H25N3O5S2. The van der Waals surface area contributed by atoms with E-state index >= 15 is 0 Å². The molecule has 0 bridgehead atoms. The minimum Gasteiger partial charge on any atom is -0.496 e. The molecule has 3 aromatic rings. The number of carbonyl (C=O) groups is 1. The topological polar surface area (TPSA) is 97.8 Å². The van der Waals surface area contributed by atoms with Gasteiger partial charge in [-0.1, -0.05) is 24.3 Å². The molecule has 1 saturated heterocycles. The number of hydrogen-bond donors (Lipinski definition) is 1. The number of morpholine rings is 1. The predicted molar refractivity (Wildman–Crippen MR) is 126 cm³/mol. The van der Waals surface area contributed by atoms with Gasteiger partial charge in [-0.25, -0.2) is 13.4 Å². The first-order valence-electron chi connectivity index (χ1n) is 10.4.